The van der Waals surface area contributed by atoms with E-state index in [1.165, 1.54) is 6.92 Å². The van der Waals surface area contributed by atoms with Gasteiger partial charge in [-0.1, -0.05) is 6.07 Å². The summed E-state index contributed by atoms with van der Waals surface area (Å²) >= 11 is 0. The molecule has 0 bridgehead atoms. The average Bonchev–Trinajstić information content (AvgIpc) is 2.35. The number of nitrogens with zero attached hydrogens (tertiary/aromatic N) is 1. The van der Waals surface area contributed by atoms with Crippen LogP contribution in [0.1, 0.15) is 30.9 Å². The van der Waals surface area contributed by atoms with Gasteiger partial charge in [-0.15, -0.1) is 0 Å². The largest absolute Gasteiger partial charge is 0.508 e. The maximum atomic E-state index is 11.9. The lowest BCUT2D eigenvalue weighted by atomic mass is 9.99. The van der Waals surface area contributed by atoms with Gasteiger partial charge in [0, 0.05) is 25.9 Å². The average molecular weight is 247 g/mol. The van der Waals surface area contributed by atoms with Gasteiger partial charge >= 0.3 is 0 Å². The summed E-state index contributed by atoms with van der Waals surface area (Å²) < 4.78 is 0. The van der Waals surface area contributed by atoms with E-state index < -0.39 is 0 Å². The van der Waals surface area contributed by atoms with Crippen LogP contribution in [-0.4, -0.2) is 28.2 Å². The molecule has 1 heterocycles. The van der Waals surface area contributed by atoms with Crippen LogP contribution in [0.3, 0.4) is 0 Å². The topological polar surface area (TPSA) is 57.6 Å². The Morgan fingerprint density at radius 1 is 1.28 bits per heavy atom. The number of phenolic OH excluding ortho intramolecular Hbond substituents is 1. The highest BCUT2D eigenvalue weighted by Crippen LogP contribution is 2.23. The number of carbonyl (C=O) groups excluding carboxylic acids is 2. The molecule has 96 valence electrons. The number of carbonyl (C=O) groups is 2. The van der Waals surface area contributed by atoms with E-state index in [0.717, 1.165) is 17.5 Å². The number of ketones is 1. The Labute approximate surface area is 106 Å². The first-order valence-corrected chi connectivity index (χ1v) is 6.14. The predicted octanol–water partition coefficient (Wildman–Crippen LogP) is 1.65. The quantitative estimate of drug-likeness (QED) is 0.883. The summed E-state index contributed by atoms with van der Waals surface area (Å²) in [5, 5.41) is 9.39. The Morgan fingerprint density at radius 3 is 2.78 bits per heavy atom. The fraction of sp³-hybridized carbons (Fsp3) is 0.429. The second-order valence-corrected chi connectivity index (χ2v) is 4.72. The van der Waals surface area contributed by atoms with Crippen LogP contribution < -0.4 is 0 Å². The molecule has 1 aromatic rings. The Hall–Kier alpha value is -1.84. The third-order valence-corrected chi connectivity index (χ3v) is 3.25. The van der Waals surface area contributed by atoms with Crippen molar-refractivity contribution in [2.24, 2.45) is 0 Å². The van der Waals surface area contributed by atoms with Crippen LogP contribution in [-0.2, 0) is 22.6 Å². The Balaban J connectivity index is 2.01. The first-order valence-electron chi connectivity index (χ1n) is 6.14. The van der Waals surface area contributed by atoms with Crippen LogP contribution in [0.4, 0.5) is 0 Å². The Morgan fingerprint density at radius 2 is 2.06 bits per heavy atom. The molecule has 1 amide bonds. The number of benzene rings is 1. The summed E-state index contributed by atoms with van der Waals surface area (Å²) in [6.07, 6.45) is 1.37. The van der Waals surface area contributed by atoms with E-state index in [2.05, 4.69) is 0 Å². The molecule has 0 unspecified atom stereocenters. The number of fused-ring (bicyclic) bond motifs is 1. The van der Waals surface area contributed by atoms with Crippen LogP contribution in [0.2, 0.25) is 0 Å². The Kier molecular flexibility index (Phi) is 3.65. The van der Waals surface area contributed by atoms with Gasteiger partial charge in [0.2, 0.25) is 5.91 Å². The van der Waals surface area contributed by atoms with Crippen LogP contribution in [0.15, 0.2) is 18.2 Å². The van der Waals surface area contributed by atoms with Crippen molar-refractivity contribution in [2.45, 2.75) is 32.7 Å². The summed E-state index contributed by atoms with van der Waals surface area (Å²) in [5.41, 5.74) is 2.18. The van der Waals surface area contributed by atoms with Crippen LogP contribution >= 0.6 is 0 Å². The van der Waals surface area contributed by atoms with Gasteiger partial charge in [-0.25, -0.2) is 0 Å². The third-order valence-electron chi connectivity index (χ3n) is 3.25. The number of hydrogen-bond donors (Lipinski definition) is 1. The van der Waals surface area contributed by atoms with E-state index in [1.807, 2.05) is 6.07 Å². The van der Waals surface area contributed by atoms with Crippen molar-refractivity contribution in [3.05, 3.63) is 29.3 Å². The number of phenols is 1. The van der Waals surface area contributed by atoms with Crippen molar-refractivity contribution in [3.8, 4) is 5.75 Å². The summed E-state index contributed by atoms with van der Waals surface area (Å²) in [6, 6.07) is 5.25. The van der Waals surface area contributed by atoms with Gasteiger partial charge in [-0.05, 0) is 36.6 Å². The van der Waals surface area contributed by atoms with Crippen molar-refractivity contribution >= 4 is 11.7 Å². The standard InChI is InChI=1S/C14H17NO3/c1-10(16)2-5-14(18)15-7-6-11-8-13(17)4-3-12(11)9-15/h3-4,8,17H,2,5-7,9H2,1H3. The lowest BCUT2D eigenvalue weighted by molar-refractivity contribution is -0.133. The fourth-order valence-corrected chi connectivity index (χ4v) is 2.19. The first-order chi connectivity index (χ1) is 8.56. The zero-order valence-corrected chi connectivity index (χ0v) is 10.5. The molecule has 2 rings (SSSR count). The molecule has 4 nitrogen and oxygen atoms in total. The molecule has 1 aromatic carbocycles. The first kappa shape index (κ1) is 12.6. The van der Waals surface area contributed by atoms with E-state index >= 15 is 0 Å². The summed E-state index contributed by atoms with van der Waals surface area (Å²) in [4.78, 5) is 24.6. The number of Topliss-reactive ketones (excluding diaryl/α,β-unsaturated/α-hetero) is 1. The minimum absolute atomic E-state index is 0.0314. The third kappa shape index (κ3) is 2.88. The van der Waals surface area contributed by atoms with Gasteiger partial charge in [-0.3, -0.25) is 4.79 Å². The van der Waals surface area contributed by atoms with Gasteiger partial charge < -0.3 is 14.8 Å². The van der Waals surface area contributed by atoms with E-state index in [4.69, 9.17) is 0 Å². The molecule has 0 saturated heterocycles. The molecular weight excluding hydrogens is 230 g/mol. The molecular formula is C14H17NO3. The minimum atomic E-state index is 0.0314. The number of rotatable bonds is 3. The van der Waals surface area contributed by atoms with Crippen molar-refractivity contribution in [3.63, 3.8) is 0 Å². The van der Waals surface area contributed by atoms with E-state index in [1.54, 1.807) is 17.0 Å². The molecule has 18 heavy (non-hydrogen) atoms. The lowest BCUT2D eigenvalue weighted by Gasteiger charge is -2.29. The summed E-state index contributed by atoms with van der Waals surface area (Å²) in [6.45, 7) is 2.74. The highest BCUT2D eigenvalue weighted by molar-refractivity contribution is 5.83. The molecule has 1 N–H and O–H groups in total. The SMILES string of the molecule is CC(=O)CCC(=O)N1CCc2cc(O)ccc2C1. The van der Waals surface area contributed by atoms with Gasteiger partial charge in [0.1, 0.15) is 11.5 Å². The monoisotopic (exact) mass is 247 g/mol. The van der Waals surface area contributed by atoms with E-state index in [-0.39, 0.29) is 17.4 Å². The highest BCUT2D eigenvalue weighted by atomic mass is 16.3. The van der Waals surface area contributed by atoms with Crippen molar-refractivity contribution in [1.29, 1.82) is 0 Å². The van der Waals surface area contributed by atoms with Crippen molar-refractivity contribution in [2.75, 3.05) is 6.54 Å². The Bertz CT molecular complexity index is 482. The highest BCUT2D eigenvalue weighted by Gasteiger charge is 2.20. The van der Waals surface area contributed by atoms with Gasteiger partial charge in [0.05, 0.1) is 0 Å². The van der Waals surface area contributed by atoms with Crippen LogP contribution in [0.25, 0.3) is 0 Å². The number of amides is 1. The minimum Gasteiger partial charge on any atom is -0.508 e. The second-order valence-electron chi connectivity index (χ2n) is 4.72. The van der Waals surface area contributed by atoms with Gasteiger partial charge in [0.25, 0.3) is 0 Å². The molecule has 0 spiro atoms. The molecule has 0 fully saturated rings. The van der Waals surface area contributed by atoms with Crippen LogP contribution in [0.5, 0.6) is 5.75 Å². The molecule has 0 radical (unpaired) electrons. The van der Waals surface area contributed by atoms with Gasteiger partial charge in [0.15, 0.2) is 0 Å². The zero-order valence-electron chi connectivity index (χ0n) is 10.5. The maximum Gasteiger partial charge on any atom is 0.223 e. The molecule has 0 atom stereocenters. The van der Waals surface area contributed by atoms with Gasteiger partial charge in [-0.2, -0.15) is 0 Å². The van der Waals surface area contributed by atoms with Crippen LogP contribution in [0, 0.1) is 0 Å². The predicted molar refractivity (Wildman–Crippen MR) is 67.1 cm³/mol. The molecule has 0 aliphatic carbocycles. The normalized spacial score (nSPS) is 14.2. The second kappa shape index (κ2) is 5.21. The smallest absolute Gasteiger partial charge is 0.223 e. The van der Waals surface area contributed by atoms with Crippen molar-refractivity contribution in [1.82, 2.24) is 4.90 Å². The summed E-state index contributed by atoms with van der Waals surface area (Å²) in [7, 11) is 0. The van der Waals surface area contributed by atoms with Crippen molar-refractivity contribution < 1.29 is 14.7 Å². The molecule has 1 aliphatic heterocycles. The number of aromatic hydroxyl groups is 1. The molecule has 0 aromatic heterocycles. The van der Waals surface area contributed by atoms with E-state index in [9.17, 15) is 14.7 Å². The van der Waals surface area contributed by atoms with E-state index in [0.29, 0.717) is 25.9 Å². The zero-order chi connectivity index (χ0) is 13.1. The molecule has 4 heteroatoms. The maximum absolute atomic E-state index is 11.9. The fourth-order valence-electron chi connectivity index (χ4n) is 2.19. The molecule has 1 aliphatic rings. The lowest BCUT2D eigenvalue weighted by Crippen LogP contribution is -2.35. The summed E-state index contributed by atoms with van der Waals surface area (Å²) in [5.74, 6) is 0.347. The molecule has 0 saturated carbocycles. The number of hydrogen-bond acceptors (Lipinski definition) is 3.